The number of hydrogen-bond donors (Lipinski definition) is 1. The lowest BCUT2D eigenvalue weighted by Crippen LogP contribution is -2.58. The fraction of sp³-hybridized carbons (Fsp3) is 0.500. The normalized spacial score (nSPS) is 19.1. The SMILES string of the molecule is CN1C(=O)N(c2ccc(C(=O)O)cc2)C2(CCN(C(=O)OC(C)(C)C)CC2)C1=O. The van der Waals surface area contributed by atoms with Gasteiger partial charge in [0.15, 0.2) is 0 Å². The minimum atomic E-state index is -1.10. The Balaban J connectivity index is 1.86. The fourth-order valence-electron chi connectivity index (χ4n) is 3.76. The van der Waals surface area contributed by atoms with Crippen molar-refractivity contribution in [2.24, 2.45) is 0 Å². The van der Waals surface area contributed by atoms with Crippen molar-refractivity contribution < 1.29 is 29.0 Å². The van der Waals surface area contributed by atoms with Crippen LogP contribution in [0, 0.1) is 0 Å². The van der Waals surface area contributed by atoms with Crippen LogP contribution in [0.25, 0.3) is 0 Å². The molecular weight excluding hydrogens is 378 g/mol. The van der Waals surface area contributed by atoms with Gasteiger partial charge in [0.25, 0.3) is 5.91 Å². The van der Waals surface area contributed by atoms with Crippen molar-refractivity contribution in [1.29, 1.82) is 0 Å². The summed E-state index contributed by atoms with van der Waals surface area (Å²) in [6.45, 7) is 5.89. The summed E-state index contributed by atoms with van der Waals surface area (Å²) in [4.78, 5) is 53.3. The molecule has 9 nitrogen and oxygen atoms in total. The monoisotopic (exact) mass is 403 g/mol. The standard InChI is InChI=1S/C20H25N3O6/c1-19(2,3)29-18(28)22-11-9-20(10-12-22)16(26)21(4)17(27)23(20)14-7-5-13(6-8-14)15(24)25/h5-8H,9-12H2,1-4H3,(H,24,25). The third-order valence-corrected chi connectivity index (χ3v) is 5.22. The van der Waals surface area contributed by atoms with Crippen LogP contribution in [0.1, 0.15) is 44.0 Å². The average Bonchev–Trinajstić information content (AvgIpc) is 2.82. The van der Waals surface area contributed by atoms with Crippen molar-refractivity contribution in [3.63, 3.8) is 0 Å². The zero-order chi connectivity index (χ0) is 21.6. The molecule has 2 aliphatic heterocycles. The number of carbonyl (C=O) groups is 4. The van der Waals surface area contributed by atoms with Gasteiger partial charge >= 0.3 is 18.1 Å². The molecule has 3 rings (SSSR count). The zero-order valence-electron chi connectivity index (χ0n) is 17.0. The number of benzene rings is 1. The number of nitrogens with zero attached hydrogens (tertiary/aromatic N) is 3. The molecule has 2 heterocycles. The maximum absolute atomic E-state index is 13.0. The predicted octanol–water partition coefficient (Wildman–Crippen LogP) is 2.55. The lowest BCUT2D eigenvalue weighted by molar-refractivity contribution is -0.131. The molecule has 0 atom stereocenters. The van der Waals surface area contributed by atoms with Crippen molar-refractivity contribution in [1.82, 2.24) is 9.80 Å². The largest absolute Gasteiger partial charge is 0.478 e. The summed E-state index contributed by atoms with van der Waals surface area (Å²) < 4.78 is 5.40. The van der Waals surface area contributed by atoms with Gasteiger partial charge in [0.05, 0.1) is 5.56 Å². The number of urea groups is 1. The molecule has 2 fully saturated rings. The molecule has 0 aromatic heterocycles. The van der Waals surface area contributed by atoms with Crippen LogP contribution >= 0.6 is 0 Å². The molecule has 0 aliphatic carbocycles. The number of carboxylic acid groups (broad SMARTS) is 1. The molecule has 0 saturated carbocycles. The van der Waals surface area contributed by atoms with Crippen molar-refractivity contribution in [3.05, 3.63) is 29.8 Å². The molecule has 29 heavy (non-hydrogen) atoms. The van der Waals surface area contributed by atoms with E-state index in [1.807, 2.05) is 0 Å². The van der Waals surface area contributed by atoms with Gasteiger partial charge in [0, 0.05) is 25.8 Å². The molecule has 1 N–H and O–H groups in total. The Bertz CT molecular complexity index is 850. The number of likely N-dealkylation sites (tertiary alicyclic amines) is 1. The maximum Gasteiger partial charge on any atom is 0.410 e. The number of anilines is 1. The zero-order valence-corrected chi connectivity index (χ0v) is 17.0. The van der Waals surface area contributed by atoms with Crippen LogP contribution in [0.3, 0.4) is 0 Å². The summed E-state index contributed by atoms with van der Waals surface area (Å²) in [6, 6.07) is 5.38. The van der Waals surface area contributed by atoms with Crippen LogP contribution < -0.4 is 4.90 Å². The molecular formula is C20H25N3O6. The van der Waals surface area contributed by atoms with Crippen LogP contribution in [0.2, 0.25) is 0 Å². The van der Waals surface area contributed by atoms with E-state index in [0.717, 1.165) is 4.90 Å². The van der Waals surface area contributed by atoms with Crippen molar-refractivity contribution in [2.75, 3.05) is 25.0 Å². The van der Waals surface area contributed by atoms with E-state index in [-0.39, 0.29) is 37.4 Å². The first-order chi connectivity index (χ1) is 13.5. The molecule has 1 aromatic rings. The molecule has 1 aromatic carbocycles. The number of piperidine rings is 1. The van der Waals surface area contributed by atoms with Gasteiger partial charge in [-0.15, -0.1) is 0 Å². The molecule has 156 valence electrons. The van der Waals surface area contributed by atoms with E-state index in [0.29, 0.717) is 5.69 Å². The summed E-state index contributed by atoms with van der Waals surface area (Å²) in [6.07, 6.45) is 0.0822. The van der Waals surface area contributed by atoms with Crippen molar-refractivity contribution in [3.8, 4) is 0 Å². The fourth-order valence-corrected chi connectivity index (χ4v) is 3.76. The Labute approximate surface area is 168 Å². The summed E-state index contributed by atoms with van der Waals surface area (Å²) in [5.41, 5.74) is -1.18. The van der Waals surface area contributed by atoms with Crippen LogP contribution in [-0.4, -0.2) is 70.2 Å². The second-order valence-corrected chi connectivity index (χ2v) is 8.33. The van der Waals surface area contributed by atoms with Gasteiger partial charge in [-0.25, -0.2) is 14.4 Å². The lowest BCUT2D eigenvalue weighted by atomic mass is 9.85. The maximum atomic E-state index is 13.0. The van der Waals surface area contributed by atoms with Gasteiger partial charge in [-0.1, -0.05) is 0 Å². The van der Waals surface area contributed by atoms with Crippen molar-refractivity contribution in [2.45, 2.75) is 44.8 Å². The minimum Gasteiger partial charge on any atom is -0.478 e. The highest BCUT2D eigenvalue weighted by Gasteiger charge is 2.58. The Kier molecular flexibility index (Phi) is 5.02. The van der Waals surface area contributed by atoms with E-state index >= 15 is 0 Å². The highest BCUT2D eigenvalue weighted by atomic mass is 16.6. The Morgan fingerprint density at radius 2 is 1.62 bits per heavy atom. The van der Waals surface area contributed by atoms with Gasteiger partial charge in [-0.3, -0.25) is 14.6 Å². The van der Waals surface area contributed by atoms with Gasteiger partial charge in [0.2, 0.25) is 0 Å². The Hall–Kier alpha value is -3.10. The number of carboxylic acids is 1. The number of aromatic carboxylic acids is 1. The quantitative estimate of drug-likeness (QED) is 0.761. The third-order valence-electron chi connectivity index (χ3n) is 5.22. The van der Waals surface area contributed by atoms with E-state index < -0.39 is 29.2 Å². The summed E-state index contributed by atoms with van der Waals surface area (Å²) >= 11 is 0. The number of rotatable bonds is 2. The molecule has 2 saturated heterocycles. The number of imide groups is 1. The summed E-state index contributed by atoms with van der Waals surface area (Å²) in [5.74, 6) is -1.40. The average molecular weight is 403 g/mol. The Morgan fingerprint density at radius 1 is 1.07 bits per heavy atom. The first-order valence-electron chi connectivity index (χ1n) is 9.40. The molecule has 2 aliphatic rings. The predicted molar refractivity (Wildman–Crippen MR) is 104 cm³/mol. The second kappa shape index (κ2) is 7.06. The molecule has 4 amide bonds. The highest BCUT2D eigenvalue weighted by molar-refractivity contribution is 6.16. The van der Waals surface area contributed by atoms with Crippen LogP contribution in [0.5, 0.6) is 0 Å². The number of hydrogen-bond acceptors (Lipinski definition) is 5. The smallest absolute Gasteiger partial charge is 0.410 e. The van der Waals surface area contributed by atoms with Crippen LogP contribution in [0.4, 0.5) is 15.3 Å². The highest BCUT2D eigenvalue weighted by Crippen LogP contribution is 2.40. The summed E-state index contributed by atoms with van der Waals surface area (Å²) in [5, 5.41) is 9.09. The number of amides is 4. The number of ether oxygens (including phenoxy) is 1. The van der Waals surface area contributed by atoms with E-state index in [4.69, 9.17) is 9.84 Å². The summed E-state index contributed by atoms with van der Waals surface area (Å²) in [7, 11) is 1.43. The van der Waals surface area contributed by atoms with Crippen molar-refractivity contribution >= 4 is 29.7 Å². The van der Waals surface area contributed by atoms with E-state index in [9.17, 15) is 19.2 Å². The molecule has 1 spiro atoms. The first-order valence-corrected chi connectivity index (χ1v) is 9.40. The van der Waals surface area contributed by atoms with E-state index in [1.165, 1.54) is 41.1 Å². The van der Waals surface area contributed by atoms with E-state index in [1.54, 1.807) is 20.8 Å². The van der Waals surface area contributed by atoms with Crippen LogP contribution in [-0.2, 0) is 9.53 Å². The Morgan fingerprint density at radius 3 is 2.10 bits per heavy atom. The topological polar surface area (TPSA) is 107 Å². The van der Waals surface area contributed by atoms with E-state index in [2.05, 4.69) is 0 Å². The molecule has 0 unspecified atom stereocenters. The number of carbonyl (C=O) groups excluding carboxylic acids is 3. The molecule has 9 heteroatoms. The van der Waals surface area contributed by atoms with Gasteiger partial charge in [-0.2, -0.15) is 0 Å². The molecule has 0 radical (unpaired) electrons. The minimum absolute atomic E-state index is 0.0915. The first kappa shape index (κ1) is 20.6. The van der Waals surface area contributed by atoms with Gasteiger partial charge in [0.1, 0.15) is 11.1 Å². The third kappa shape index (κ3) is 3.64. The van der Waals surface area contributed by atoms with Gasteiger partial charge < -0.3 is 14.7 Å². The lowest BCUT2D eigenvalue weighted by Gasteiger charge is -2.42. The van der Waals surface area contributed by atoms with Gasteiger partial charge in [-0.05, 0) is 57.9 Å². The second-order valence-electron chi connectivity index (χ2n) is 8.33. The molecule has 0 bridgehead atoms. The number of likely N-dealkylation sites (N-methyl/N-ethyl adjacent to an activating group) is 1. The van der Waals surface area contributed by atoms with Crippen LogP contribution in [0.15, 0.2) is 24.3 Å².